The van der Waals surface area contributed by atoms with Crippen LogP contribution in [0.2, 0.25) is 0 Å². The molecule has 3 rings (SSSR count). The lowest BCUT2D eigenvalue weighted by atomic mass is 9.78. The maximum atomic E-state index is 12.8. The van der Waals surface area contributed by atoms with Gasteiger partial charge in [0.25, 0.3) is 0 Å². The standard InChI is InChI=1S/C20H19NO3/c1-3-9-16(17-12-8-14-23-17)20(13-4-2)19(22)24-18(21-20)15-10-6-5-7-11-15/h3-8,10-12,14,16H,1-2,9,13H2/t16-,20+/m0/s1. The summed E-state index contributed by atoms with van der Waals surface area (Å²) in [5, 5.41) is 0. The van der Waals surface area contributed by atoms with Crippen molar-refractivity contribution in [2.75, 3.05) is 0 Å². The number of aliphatic imine (C=N–C) groups is 1. The average molecular weight is 321 g/mol. The van der Waals surface area contributed by atoms with Gasteiger partial charge >= 0.3 is 5.97 Å². The molecule has 0 spiro atoms. The van der Waals surface area contributed by atoms with Crippen molar-refractivity contribution in [1.29, 1.82) is 0 Å². The molecule has 4 nitrogen and oxygen atoms in total. The highest BCUT2D eigenvalue weighted by atomic mass is 16.6. The first-order chi connectivity index (χ1) is 11.7. The van der Waals surface area contributed by atoms with E-state index in [1.54, 1.807) is 24.5 Å². The third-order valence-corrected chi connectivity index (χ3v) is 4.19. The topological polar surface area (TPSA) is 51.8 Å². The molecule has 2 atom stereocenters. The maximum absolute atomic E-state index is 12.8. The van der Waals surface area contributed by atoms with Crippen LogP contribution in [0.4, 0.5) is 0 Å². The normalized spacial score (nSPS) is 21.0. The van der Waals surface area contributed by atoms with Crippen LogP contribution in [0, 0.1) is 0 Å². The van der Waals surface area contributed by atoms with E-state index in [4.69, 9.17) is 14.1 Å². The van der Waals surface area contributed by atoms with E-state index in [9.17, 15) is 4.79 Å². The predicted octanol–water partition coefficient (Wildman–Crippen LogP) is 4.26. The molecule has 0 unspecified atom stereocenters. The summed E-state index contributed by atoms with van der Waals surface area (Å²) in [4.78, 5) is 17.5. The smallest absolute Gasteiger partial charge is 0.342 e. The zero-order valence-corrected chi connectivity index (χ0v) is 13.4. The van der Waals surface area contributed by atoms with Crippen LogP contribution in [0.25, 0.3) is 0 Å². The van der Waals surface area contributed by atoms with E-state index in [2.05, 4.69) is 13.2 Å². The number of rotatable bonds is 7. The summed E-state index contributed by atoms with van der Waals surface area (Å²) in [7, 11) is 0. The Bertz CT molecular complexity index is 761. The van der Waals surface area contributed by atoms with E-state index >= 15 is 0 Å². The van der Waals surface area contributed by atoms with E-state index in [0.29, 0.717) is 24.5 Å². The van der Waals surface area contributed by atoms with Crippen molar-refractivity contribution in [3.8, 4) is 0 Å². The SMILES string of the molecule is C=CC[C@@H](c1ccco1)[C@@]1(CC=C)N=C(c2ccccc2)OC1=O. The molecule has 0 bridgehead atoms. The minimum atomic E-state index is -1.08. The lowest BCUT2D eigenvalue weighted by molar-refractivity contribution is -0.140. The summed E-state index contributed by atoms with van der Waals surface area (Å²) in [5.74, 6) is 0.344. The Hall–Kier alpha value is -2.88. The lowest BCUT2D eigenvalue weighted by Crippen LogP contribution is -2.40. The second-order valence-corrected chi connectivity index (χ2v) is 5.68. The number of nitrogens with zero attached hydrogens (tertiary/aromatic N) is 1. The largest absolute Gasteiger partial charge is 0.469 e. The van der Waals surface area contributed by atoms with Gasteiger partial charge in [-0.25, -0.2) is 9.79 Å². The van der Waals surface area contributed by atoms with Crippen LogP contribution >= 0.6 is 0 Å². The van der Waals surface area contributed by atoms with E-state index in [1.807, 2.05) is 36.4 Å². The summed E-state index contributed by atoms with van der Waals surface area (Å²) in [6, 6.07) is 13.1. The lowest BCUT2D eigenvalue weighted by Gasteiger charge is -2.28. The second kappa shape index (κ2) is 6.71. The van der Waals surface area contributed by atoms with Crippen molar-refractivity contribution in [3.63, 3.8) is 0 Å². The van der Waals surface area contributed by atoms with Gasteiger partial charge in [-0.1, -0.05) is 30.4 Å². The number of hydrogen-bond acceptors (Lipinski definition) is 4. The van der Waals surface area contributed by atoms with E-state index in [1.165, 1.54) is 0 Å². The first kappa shape index (κ1) is 16.0. The molecule has 0 saturated heterocycles. The third kappa shape index (κ3) is 2.71. The Labute approximate surface area is 141 Å². The fourth-order valence-electron chi connectivity index (χ4n) is 3.04. The first-order valence-corrected chi connectivity index (χ1v) is 7.84. The summed E-state index contributed by atoms with van der Waals surface area (Å²) in [6.07, 6.45) is 5.96. The van der Waals surface area contributed by atoms with Crippen LogP contribution < -0.4 is 0 Å². The molecule has 0 fully saturated rings. The minimum Gasteiger partial charge on any atom is -0.469 e. The Kier molecular flexibility index (Phi) is 4.47. The molecule has 0 radical (unpaired) electrons. The van der Waals surface area contributed by atoms with Crippen molar-refractivity contribution in [2.24, 2.45) is 4.99 Å². The molecule has 2 aromatic rings. The van der Waals surface area contributed by atoms with E-state index in [0.717, 1.165) is 5.56 Å². The molecular weight excluding hydrogens is 302 g/mol. The number of furan rings is 1. The van der Waals surface area contributed by atoms with Gasteiger partial charge in [-0.15, -0.1) is 13.2 Å². The van der Waals surface area contributed by atoms with Gasteiger partial charge in [0.2, 0.25) is 5.90 Å². The van der Waals surface area contributed by atoms with Crippen LogP contribution in [0.1, 0.15) is 30.1 Å². The molecule has 0 N–H and O–H groups in total. The van der Waals surface area contributed by atoms with Crippen LogP contribution in [-0.4, -0.2) is 17.4 Å². The van der Waals surface area contributed by atoms with Gasteiger partial charge in [-0.05, 0) is 30.7 Å². The van der Waals surface area contributed by atoms with Crippen molar-refractivity contribution in [3.05, 3.63) is 85.4 Å². The minimum absolute atomic E-state index is 0.295. The van der Waals surface area contributed by atoms with E-state index in [-0.39, 0.29) is 11.9 Å². The molecule has 0 amide bonds. The van der Waals surface area contributed by atoms with Crippen molar-refractivity contribution in [1.82, 2.24) is 0 Å². The Morgan fingerprint density at radius 3 is 2.54 bits per heavy atom. The highest BCUT2D eigenvalue weighted by Crippen LogP contribution is 2.42. The molecule has 24 heavy (non-hydrogen) atoms. The van der Waals surface area contributed by atoms with E-state index < -0.39 is 5.54 Å². The summed E-state index contributed by atoms with van der Waals surface area (Å²) >= 11 is 0. The molecule has 4 heteroatoms. The second-order valence-electron chi connectivity index (χ2n) is 5.68. The molecule has 1 aromatic carbocycles. The summed E-state index contributed by atoms with van der Waals surface area (Å²) < 4.78 is 11.1. The molecule has 0 aliphatic carbocycles. The van der Waals surface area contributed by atoms with Gasteiger partial charge in [0.05, 0.1) is 12.2 Å². The van der Waals surface area contributed by atoms with Gasteiger partial charge in [0, 0.05) is 12.0 Å². The number of hydrogen-bond donors (Lipinski definition) is 0. The molecule has 0 saturated carbocycles. The van der Waals surface area contributed by atoms with Crippen molar-refractivity contribution >= 4 is 11.9 Å². The Balaban J connectivity index is 2.09. The van der Waals surface area contributed by atoms with Crippen LogP contribution in [0.3, 0.4) is 0 Å². The number of ether oxygens (including phenoxy) is 1. The molecule has 1 aromatic heterocycles. The molecule has 1 aliphatic heterocycles. The van der Waals surface area contributed by atoms with Crippen LogP contribution in [0.15, 0.2) is 83.4 Å². The van der Waals surface area contributed by atoms with Crippen molar-refractivity contribution < 1.29 is 13.9 Å². The third-order valence-electron chi connectivity index (χ3n) is 4.19. The molecule has 1 aliphatic rings. The Morgan fingerprint density at radius 1 is 1.12 bits per heavy atom. The zero-order valence-electron chi connectivity index (χ0n) is 13.4. The zero-order chi connectivity index (χ0) is 17.0. The first-order valence-electron chi connectivity index (χ1n) is 7.84. The number of carbonyl (C=O) groups excluding carboxylic acids is 1. The quantitative estimate of drug-likeness (QED) is 0.565. The predicted molar refractivity (Wildman–Crippen MR) is 92.9 cm³/mol. The van der Waals surface area contributed by atoms with Crippen molar-refractivity contribution in [2.45, 2.75) is 24.3 Å². The number of esters is 1. The molecule has 122 valence electrons. The molecule has 2 heterocycles. The van der Waals surface area contributed by atoms with Gasteiger partial charge < -0.3 is 9.15 Å². The van der Waals surface area contributed by atoms with Gasteiger partial charge in [-0.3, -0.25) is 0 Å². The number of carbonyl (C=O) groups is 1. The van der Waals surface area contributed by atoms with Gasteiger partial charge in [-0.2, -0.15) is 0 Å². The maximum Gasteiger partial charge on any atom is 0.342 e. The number of allylic oxidation sites excluding steroid dienone is 1. The monoisotopic (exact) mass is 321 g/mol. The highest BCUT2D eigenvalue weighted by molar-refractivity contribution is 6.08. The van der Waals surface area contributed by atoms with Crippen LogP contribution in [-0.2, 0) is 9.53 Å². The average Bonchev–Trinajstić information content (AvgIpc) is 3.23. The number of cyclic esters (lactones) is 1. The fraction of sp³-hybridized carbons (Fsp3) is 0.200. The van der Waals surface area contributed by atoms with Gasteiger partial charge in [0.15, 0.2) is 5.54 Å². The highest BCUT2D eigenvalue weighted by Gasteiger charge is 2.52. The number of benzene rings is 1. The fourth-order valence-corrected chi connectivity index (χ4v) is 3.04. The molecular formula is C20H19NO3. The summed E-state index contributed by atoms with van der Waals surface area (Å²) in [5.41, 5.74) is -0.313. The Morgan fingerprint density at radius 2 is 1.92 bits per heavy atom. The van der Waals surface area contributed by atoms with Crippen LogP contribution in [0.5, 0.6) is 0 Å². The summed E-state index contributed by atoms with van der Waals surface area (Å²) in [6.45, 7) is 7.60. The van der Waals surface area contributed by atoms with Gasteiger partial charge in [0.1, 0.15) is 5.76 Å².